The van der Waals surface area contributed by atoms with Crippen LogP contribution in [-0.2, 0) is 4.74 Å². The number of hydrogen-bond acceptors (Lipinski definition) is 4. The number of ether oxygens (including phenoxy) is 1. The van der Waals surface area contributed by atoms with Crippen LogP contribution in [0.2, 0.25) is 0 Å². The molecule has 0 aromatic carbocycles. The summed E-state index contributed by atoms with van der Waals surface area (Å²) < 4.78 is 5.82. The normalized spacial score (nSPS) is 29.5. The van der Waals surface area contributed by atoms with E-state index in [0.29, 0.717) is 18.0 Å². The Bertz CT molecular complexity index is 331. The first-order valence-electron chi connectivity index (χ1n) is 7.38. The fourth-order valence-corrected chi connectivity index (χ4v) is 3.27. The highest BCUT2D eigenvalue weighted by molar-refractivity contribution is 5.85. The van der Waals surface area contributed by atoms with Gasteiger partial charge < -0.3 is 15.7 Å². The number of fused-ring (bicyclic) bond motifs is 1. The number of hydrogen-bond donors (Lipinski definition) is 2. The third kappa shape index (κ3) is 3.39. The van der Waals surface area contributed by atoms with Crippen molar-refractivity contribution in [3.05, 3.63) is 0 Å². The first-order chi connectivity index (χ1) is 9.04. The van der Waals surface area contributed by atoms with Gasteiger partial charge in [-0.15, -0.1) is 0 Å². The van der Waals surface area contributed by atoms with E-state index in [1.807, 2.05) is 13.8 Å². The molecule has 3 N–H and O–H groups in total. The molecule has 1 aliphatic heterocycles. The summed E-state index contributed by atoms with van der Waals surface area (Å²) in [6.07, 6.45) is 6.27. The maximum Gasteiger partial charge on any atom is 0.144 e. The summed E-state index contributed by atoms with van der Waals surface area (Å²) >= 11 is 0. The van der Waals surface area contributed by atoms with E-state index in [1.165, 1.54) is 19.3 Å². The van der Waals surface area contributed by atoms with E-state index in [0.717, 1.165) is 32.5 Å². The van der Waals surface area contributed by atoms with Crippen LogP contribution in [0.4, 0.5) is 0 Å². The van der Waals surface area contributed by atoms with Crippen LogP contribution in [0.5, 0.6) is 0 Å². The van der Waals surface area contributed by atoms with Gasteiger partial charge in [-0.1, -0.05) is 19.0 Å². The SMILES string of the molecule is CC(C)(CCCN1CCOC2CCCC21)C(N)=NO. The second kappa shape index (κ2) is 6.09. The minimum Gasteiger partial charge on any atom is -0.409 e. The van der Waals surface area contributed by atoms with Gasteiger partial charge in [0.25, 0.3) is 0 Å². The van der Waals surface area contributed by atoms with Crippen LogP contribution in [0.25, 0.3) is 0 Å². The van der Waals surface area contributed by atoms with E-state index in [2.05, 4.69) is 10.1 Å². The average molecular weight is 269 g/mol. The van der Waals surface area contributed by atoms with Gasteiger partial charge in [-0.3, -0.25) is 4.90 Å². The van der Waals surface area contributed by atoms with Gasteiger partial charge in [0, 0.05) is 18.0 Å². The largest absolute Gasteiger partial charge is 0.409 e. The molecular formula is C14H27N3O2. The summed E-state index contributed by atoms with van der Waals surface area (Å²) in [6, 6.07) is 0.626. The van der Waals surface area contributed by atoms with Gasteiger partial charge in [0.2, 0.25) is 0 Å². The highest BCUT2D eigenvalue weighted by Gasteiger charge is 2.35. The molecule has 1 saturated carbocycles. The van der Waals surface area contributed by atoms with Crippen molar-refractivity contribution < 1.29 is 9.94 Å². The standard InChI is InChI=1S/C14H27N3O2/c1-14(2,13(15)16-18)7-4-8-17-9-10-19-12-6-3-5-11(12)17/h11-12,18H,3-10H2,1-2H3,(H2,15,16). The molecule has 5 nitrogen and oxygen atoms in total. The molecule has 1 aliphatic carbocycles. The van der Waals surface area contributed by atoms with Crippen molar-refractivity contribution in [3.63, 3.8) is 0 Å². The third-order valence-corrected chi connectivity index (χ3v) is 4.65. The lowest BCUT2D eigenvalue weighted by molar-refractivity contribution is -0.0561. The molecular weight excluding hydrogens is 242 g/mol. The van der Waals surface area contributed by atoms with Crippen molar-refractivity contribution in [2.45, 2.75) is 58.1 Å². The third-order valence-electron chi connectivity index (χ3n) is 4.65. The Morgan fingerprint density at radius 3 is 3.00 bits per heavy atom. The lowest BCUT2D eigenvalue weighted by atomic mass is 9.86. The second-order valence-corrected chi connectivity index (χ2v) is 6.42. The van der Waals surface area contributed by atoms with Crippen molar-refractivity contribution in [1.29, 1.82) is 0 Å². The fourth-order valence-electron chi connectivity index (χ4n) is 3.27. The Morgan fingerprint density at radius 2 is 2.26 bits per heavy atom. The van der Waals surface area contributed by atoms with E-state index in [9.17, 15) is 0 Å². The molecule has 2 atom stereocenters. The molecule has 19 heavy (non-hydrogen) atoms. The molecule has 5 heteroatoms. The zero-order chi connectivity index (χ0) is 13.9. The van der Waals surface area contributed by atoms with Gasteiger partial charge in [0.05, 0.1) is 12.7 Å². The van der Waals surface area contributed by atoms with Crippen molar-refractivity contribution >= 4 is 5.84 Å². The highest BCUT2D eigenvalue weighted by Crippen LogP contribution is 2.30. The fraction of sp³-hybridized carbons (Fsp3) is 0.929. The van der Waals surface area contributed by atoms with Crippen molar-refractivity contribution in [3.8, 4) is 0 Å². The molecule has 0 aromatic rings. The molecule has 0 bridgehead atoms. The summed E-state index contributed by atoms with van der Waals surface area (Å²) in [5.74, 6) is 0.327. The van der Waals surface area contributed by atoms with Crippen molar-refractivity contribution in [2.75, 3.05) is 19.7 Å². The Morgan fingerprint density at radius 1 is 1.47 bits per heavy atom. The van der Waals surface area contributed by atoms with Crippen molar-refractivity contribution in [1.82, 2.24) is 4.90 Å². The first-order valence-corrected chi connectivity index (χ1v) is 7.38. The van der Waals surface area contributed by atoms with Crippen LogP contribution in [0, 0.1) is 5.41 Å². The minimum atomic E-state index is -0.226. The Balaban J connectivity index is 1.79. The van der Waals surface area contributed by atoms with Crippen LogP contribution in [0.3, 0.4) is 0 Å². The van der Waals surface area contributed by atoms with E-state index in [4.69, 9.17) is 15.7 Å². The second-order valence-electron chi connectivity index (χ2n) is 6.42. The van der Waals surface area contributed by atoms with Crippen LogP contribution in [-0.4, -0.2) is 47.8 Å². The quantitative estimate of drug-likeness (QED) is 0.345. The highest BCUT2D eigenvalue weighted by atomic mass is 16.5. The first kappa shape index (κ1) is 14.6. The van der Waals surface area contributed by atoms with Gasteiger partial charge >= 0.3 is 0 Å². The lowest BCUT2D eigenvalue weighted by Crippen LogP contribution is -2.48. The summed E-state index contributed by atoms with van der Waals surface area (Å²) in [7, 11) is 0. The molecule has 0 radical (unpaired) electrons. The van der Waals surface area contributed by atoms with Gasteiger partial charge in [-0.2, -0.15) is 0 Å². The number of morpholine rings is 1. The molecule has 0 spiro atoms. The molecule has 2 fully saturated rings. The zero-order valence-electron chi connectivity index (χ0n) is 12.1. The minimum absolute atomic E-state index is 0.226. The van der Waals surface area contributed by atoms with Crippen LogP contribution >= 0.6 is 0 Å². The van der Waals surface area contributed by atoms with Crippen LogP contribution in [0.1, 0.15) is 46.0 Å². The molecule has 110 valence electrons. The molecule has 2 aliphatic rings. The molecule has 0 amide bonds. The van der Waals surface area contributed by atoms with Gasteiger partial charge in [0.15, 0.2) is 0 Å². The van der Waals surface area contributed by atoms with Gasteiger partial charge in [0.1, 0.15) is 5.84 Å². The molecule has 1 saturated heterocycles. The van der Waals surface area contributed by atoms with E-state index in [1.54, 1.807) is 0 Å². The Hall–Kier alpha value is -0.810. The number of oxime groups is 1. The monoisotopic (exact) mass is 269 g/mol. The molecule has 2 rings (SSSR count). The number of amidine groups is 1. The average Bonchev–Trinajstić information content (AvgIpc) is 2.86. The Kier molecular flexibility index (Phi) is 4.68. The lowest BCUT2D eigenvalue weighted by Gasteiger charge is -2.38. The molecule has 2 unspecified atom stereocenters. The molecule has 1 heterocycles. The van der Waals surface area contributed by atoms with Crippen LogP contribution in [0.15, 0.2) is 5.16 Å². The van der Waals surface area contributed by atoms with E-state index >= 15 is 0 Å². The Labute approximate surface area is 115 Å². The summed E-state index contributed by atoms with van der Waals surface area (Å²) in [5.41, 5.74) is 5.50. The maximum atomic E-state index is 8.78. The summed E-state index contributed by atoms with van der Waals surface area (Å²) in [5, 5.41) is 11.9. The maximum absolute atomic E-state index is 8.78. The zero-order valence-corrected chi connectivity index (χ0v) is 12.1. The van der Waals surface area contributed by atoms with E-state index < -0.39 is 0 Å². The van der Waals surface area contributed by atoms with Crippen molar-refractivity contribution in [2.24, 2.45) is 16.3 Å². The predicted molar refractivity (Wildman–Crippen MR) is 75.4 cm³/mol. The molecule has 0 aromatic heterocycles. The topological polar surface area (TPSA) is 71.1 Å². The number of nitrogens with zero attached hydrogens (tertiary/aromatic N) is 2. The van der Waals surface area contributed by atoms with Crippen LogP contribution < -0.4 is 5.73 Å². The van der Waals surface area contributed by atoms with Gasteiger partial charge in [-0.05, 0) is 38.6 Å². The van der Waals surface area contributed by atoms with E-state index in [-0.39, 0.29) is 5.41 Å². The number of nitrogens with two attached hydrogens (primary N) is 1. The smallest absolute Gasteiger partial charge is 0.144 e. The summed E-state index contributed by atoms with van der Waals surface area (Å²) in [4.78, 5) is 2.57. The number of rotatable bonds is 5. The summed E-state index contributed by atoms with van der Waals surface area (Å²) in [6.45, 7) is 7.06. The van der Waals surface area contributed by atoms with Gasteiger partial charge in [-0.25, -0.2) is 0 Å². The predicted octanol–water partition coefficient (Wildman–Crippen LogP) is 1.79.